The maximum Gasteiger partial charge on any atom is 0.327 e. The quantitative estimate of drug-likeness (QED) is 0.524. The van der Waals surface area contributed by atoms with E-state index in [1.54, 1.807) is 11.9 Å². The second-order valence-corrected chi connectivity index (χ2v) is 10.4. The van der Waals surface area contributed by atoms with Crippen LogP contribution >= 0.6 is 0 Å². The summed E-state index contributed by atoms with van der Waals surface area (Å²) in [5.41, 5.74) is 4.67. The molecule has 158 valence electrons. The molecule has 6 bridgehead atoms. The molecule has 1 saturated heterocycles. The molecule has 3 saturated carbocycles. The molecule has 0 spiro atoms. The van der Waals surface area contributed by atoms with E-state index < -0.39 is 5.54 Å². The normalized spacial score (nSPS) is 37.5. The van der Waals surface area contributed by atoms with E-state index in [0.29, 0.717) is 11.8 Å². The largest absolute Gasteiger partial charge is 0.327 e. The Morgan fingerprint density at radius 3 is 2.33 bits per heavy atom. The number of amides is 3. The number of Topliss-reactive ketones (excluding diaryl/α,β-unsaturated/α-hetero) is 1. The topological polar surface area (TPSA) is 57.7 Å². The average molecular weight is 407 g/mol. The van der Waals surface area contributed by atoms with Crippen LogP contribution in [0.1, 0.15) is 58.3 Å². The van der Waals surface area contributed by atoms with E-state index in [4.69, 9.17) is 0 Å². The van der Waals surface area contributed by atoms with Crippen molar-refractivity contribution >= 4 is 17.7 Å². The smallest absolute Gasteiger partial charge is 0.313 e. The minimum absolute atomic E-state index is 0.0403. The Kier molecular flexibility index (Phi) is 3.83. The van der Waals surface area contributed by atoms with Crippen LogP contribution in [-0.2, 0) is 9.59 Å². The number of ketones is 1. The van der Waals surface area contributed by atoms with Gasteiger partial charge in [-0.05, 0) is 76.0 Å². The maximum atomic E-state index is 13.6. The van der Waals surface area contributed by atoms with Crippen molar-refractivity contribution in [3.8, 4) is 0 Å². The number of nitrogens with zero attached hydrogens (tertiary/aromatic N) is 2. The zero-order chi connectivity index (χ0) is 20.8. The predicted octanol–water partition coefficient (Wildman–Crippen LogP) is 4.01. The lowest BCUT2D eigenvalue weighted by Crippen LogP contribution is -2.55. The SMILES string of the molecule is CN1C(=O)N(CC(=O)C2C3=C4CCC(=C2CC3)C4)C(=O)C1(C)C1C[C@@H]2C=C[C@H]1CC2. The summed E-state index contributed by atoms with van der Waals surface area (Å²) in [4.78, 5) is 43.1. The Balaban J connectivity index is 1.27. The third-order valence-corrected chi connectivity index (χ3v) is 9.25. The Bertz CT molecular complexity index is 945. The molecule has 0 aromatic heterocycles. The second kappa shape index (κ2) is 6.18. The number of carbonyl (C=O) groups is 3. The number of rotatable bonds is 4. The summed E-state index contributed by atoms with van der Waals surface area (Å²) < 4.78 is 0. The highest BCUT2D eigenvalue weighted by Gasteiger charge is 2.59. The van der Waals surface area contributed by atoms with Gasteiger partial charge in [-0.15, -0.1) is 0 Å². The maximum absolute atomic E-state index is 13.6. The van der Waals surface area contributed by atoms with Gasteiger partial charge in [-0.2, -0.15) is 0 Å². The van der Waals surface area contributed by atoms with Crippen LogP contribution < -0.4 is 0 Å². The van der Waals surface area contributed by atoms with Crippen LogP contribution in [0.25, 0.3) is 0 Å². The first-order valence-electron chi connectivity index (χ1n) is 11.6. The highest BCUT2D eigenvalue weighted by Crippen LogP contribution is 2.53. The molecule has 30 heavy (non-hydrogen) atoms. The lowest BCUT2D eigenvalue weighted by molar-refractivity contribution is -0.139. The number of hydrogen-bond donors (Lipinski definition) is 0. The molecule has 0 aromatic rings. The number of hydrogen-bond acceptors (Lipinski definition) is 3. The molecule has 4 fully saturated rings. The fraction of sp³-hybridized carbons (Fsp3) is 0.640. The van der Waals surface area contributed by atoms with Crippen LogP contribution in [0.15, 0.2) is 34.4 Å². The van der Waals surface area contributed by atoms with Crippen LogP contribution in [0, 0.1) is 23.7 Å². The Labute approximate surface area is 177 Å². The summed E-state index contributed by atoms with van der Waals surface area (Å²) in [7, 11) is 1.75. The van der Waals surface area contributed by atoms with E-state index >= 15 is 0 Å². The summed E-state index contributed by atoms with van der Waals surface area (Å²) >= 11 is 0. The molecule has 5 nitrogen and oxygen atoms in total. The predicted molar refractivity (Wildman–Crippen MR) is 112 cm³/mol. The van der Waals surface area contributed by atoms with E-state index in [-0.39, 0.29) is 36.1 Å². The number of urea groups is 1. The summed E-state index contributed by atoms with van der Waals surface area (Å²) in [6, 6.07) is -0.303. The summed E-state index contributed by atoms with van der Waals surface area (Å²) in [6.45, 7) is 1.85. The van der Waals surface area contributed by atoms with Gasteiger partial charge in [-0.25, -0.2) is 4.79 Å². The van der Waals surface area contributed by atoms with Gasteiger partial charge >= 0.3 is 6.03 Å². The molecular weight excluding hydrogens is 376 g/mol. The average Bonchev–Trinajstić information content (AvgIpc) is 3.39. The van der Waals surface area contributed by atoms with Gasteiger partial charge in [-0.3, -0.25) is 14.5 Å². The van der Waals surface area contributed by atoms with Crippen LogP contribution in [0.5, 0.6) is 0 Å². The third-order valence-electron chi connectivity index (χ3n) is 9.25. The van der Waals surface area contributed by atoms with E-state index in [0.717, 1.165) is 44.9 Å². The molecule has 4 atom stereocenters. The van der Waals surface area contributed by atoms with E-state index in [1.165, 1.54) is 33.6 Å². The fourth-order valence-electron chi connectivity index (χ4n) is 7.46. The molecule has 3 amide bonds. The fourth-order valence-corrected chi connectivity index (χ4v) is 7.46. The monoisotopic (exact) mass is 406 g/mol. The molecule has 0 aromatic carbocycles. The third kappa shape index (κ3) is 2.27. The van der Waals surface area contributed by atoms with Gasteiger partial charge in [0, 0.05) is 7.05 Å². The number of likely N-dealkylation sites (N-methyl/N-ethyl adjacent to an activating group) is 1. The van der Waals surface area contributed by atoms with Crippen molar-refractivity contribution in [2.45, 2.75) is 63.8 Å². The van der Waals surface area contributed by atoms with Crippen LogP contribution in [0.2, 0.25) is 0 Å². The van der Waals surface area contributed by atoms with Gasteiger partial charge < -0.3 is 4.90 Å². The number of allylic oxidation sites excluding steroid dienone is 6. The van der Waals surface area contributed by atoms with Crippen LogP contribution in [-0.4, -0.2) is 46.7 Å². The van der Waals surface area contributed by atoms with Crippen molar-refractivity contribution in [1.82, 2.24) is 9.80 Å². The van der Waals surface area contributed by atoms with Crippen molar-refractivity contribution in [3.63, 3.8) is 0 Å². The molecule has 7 aliphatic rings. The first-order chi connectivity index (χ1) is 14.4. The van der Waals surface area contributed by atoms with E-state index in [2.05, 4.69) is 12.2 Å². The van der Waals surface area contributed by atoms with Crippen molar-refractivity contribution in [2.24, 2.45) is 23.7 Å². The molecule has 0 radical (unpaired) electrons. The minimum atomic E-state index is -0.847. The molecule has 6 aliphatic carbocycles. The highest BCUT2D eigenvalue weighted by atomic mass is 16.2. The zero-order valence-electron chi connectivity index (χ0n) is 17.9. The molecule has 0 N–H and O–H groups in total. The summed E-state index contributed by atoms with van der Waals surface area (Å²) in [6.07, 6.45) is 13.0. The van der Waals surface area contributed by atoms with Crippen LogP contribution in [0.4, 0.5) is 4.79 Å². The Morgan fingerprint density at radius 2 is 1.77 bits per heavy atom. The molecule has 2 unspecified atom stereocenters. The van der Waals surface area contributed by atoms with Crippen molar-refractivity contribution in [2.75, 3.05) is 13.6 Å². The van der Waals surface area contributed by atoms with Gasteiger partial charge in [0.15, 0.2) is 5.78 Å². The van der Waals surface area contributed by atoms with Crippen LogP contribution in [0.3, 0.4) is 0 Å². The van der Waals surface area contributed by atoms with Crippen molar-refractivity contribution in [1.29, 1.82) is 0 Å². The van der Waals surface area contributed by atoms with Gasteiger partial charge in [0.1, 0.15) is 5.54 Å². The zero-order valence-corrected chi connectivity index (χ0v) is 17.9. The standard InChI is InChI=1S/C25H30N2O3/c1-25(20-11-14-3-5-15(20)6-4-14)23(29)27(24(30)26(25)2)13-21(28)22-18-9-10-19(22)17-8-7-16(18)12-17/h3,5,14-15,20,22H,4,6-13H2,1-2H3/t14-,15+,20?,25?/m1/s1. The van der Waals surface area contributed by atoms with Crippen molar-refractivity contribution < 1.29 is 14.4 Å². The van der Waals surface area contributed by atoms with E-state index in [1.807, 2.05) is 6.92 Å². The van der Waals surface area contributed by atoms with Gasteiger partial charge in [0.2, 0.25) is 0 Å². The number of fused-ring (bicyclic) bond motifs is 6. The van der Waals surface area contributed by atoms with E-state index in [9.17, 15) is 14.4 Å². The Hall–Kier alpha value is -2.17. The lowest BCUT2D eigenvalue weighted by atomic mass is 9.62. The summed E-state index contributed by atoms with van der Waals surface area (Å²) in [5, 5.41) is 0. The molecule has 7 rings (SSSR count). The van der Waals surface area contributed by atoms with Gasteiger partial charge in [0.05, 0.1) is 12.5 Å². The number of carbonyl (C=O) groups excluding carboxylic acids is 3. The second-order valence-electron chi connectivity index (χ2n) is 10.4. The molecule has 5 heteroatoms. The van der Waals surface area contributed by atoms with Crippen molar-refractivity contribution in [3.05, 3.63) is 34.4 Å². The first kappa shape index (κ1) is 18.6. The lowest BCUT2D eigenvalue weighted by Gasteiger charge is -2.47. The molecular formula is C25H30N2O3. The molecule has 1 aliphatic heterocycles. The molecule has 1 heterocycles. The highest BCUT2D eigenvalue weighted by molar-refractivity contribution is 6.09. The Morgan fingerprint density at radius 1 is 1.07 bits per heavy atom. The van der Waals surface area contributed by atoms with Gasteiger partial charge in [0.25, 0.3) is 5.91 Å². The van der Waals surface area contributed by atoms with Gasteiger partial charge in [-0.1, -0.05) is 34.4 Å². The first-order valence-corrected chi connectivity index (χ1v) is 11.6. The number of imide groups is 1. The minimum Gasteiger partial charge on any atom is -0.313 e. The summed E-state index contributed by atoms with van der Waals surface area (Å²) in [5.74, 6) is 0.712.